The molecule has 2 rings (SSSR count). The molecule has 0 aliphatic heterocycles. The first-order valence-electron chi connectivity index (χ1n) is 7.10. The van der Waals surface area contributed by atoms with E-state index >= 15 is 0 Å². The first-order valence-corrected chi connectivity index (χ1v) is 7.10. The third-order valence-electron chi connectivity index (χ3n) is 3.12. The standard InChI is InChI=1S/C16H20N4O/c1-3-9-17-16-18-10-8-14(20-16)15(21)19-11-13-7-5-4-6-12(13)2/h4-8,10H,3,9,11H2,1-2H3,(H,19,21)(H,17,18,20). The number of nitrogens with one attached hydrogen (secondary N) is 2. The van der Waals surface area contributed by atoms with E-state index in [9.17, 15) is 4.79 Å². The van der Waals surface area contributed by atoms with Gasteiger partial charge in [-0.2, -0.15) is 0 Å². The van der Waals surface area contributed by atoms with E-state index in [1.165, 1.54) is 0 Å². The SMILES string of the molecule is CCCNc1nccc(C(=O)NCc2ccccc2C)n1. The lowest BCUT2D eigenvalue weighted by molar-refractivity contribution is 0.0946. The third kappa shape index (κ3) is 4.27. The largest absolute Gasteiger partial charge is 0.354 e. The Labute approximate surface area is 124 Å². The molecule has 110 valence electrons. The number of aromatic nitrogens is 2. The molecule has 2 N–H and O–H groups in total. The number of rotatable bonds is 6. The average molecular weight is 284 g/mol. The van der Waals surface area contributed by atoms with Gasteiger partial charge in [0, 0.05) is 19.3 Å². The summed E-state index contributed by atoms with van der Waals surface area (Å²) in [5.41, 5.74) is 2.63. The number of benzene rings is 1. The summed E-state index contributed by atoms with van der Waals surface area (Å²) in [7, 11) is 0. The second-order valence-electron chi connectivity index (χ2n) is 4.80. The smallest absolute Gasteiger partial charge is 0.270 e. The Bertz CT molecular complexity index is 613. The second kappa shape index (κ2) is 7.38. The Morgan fingerprint density at radius 2 is 2.05 bits per heavy atom. The number of carbonyl (C=O) groups excluding carboxylic acids is 1. The lowest BCUT2D eigenvalue weighted by atomic mass is 10.1. The number of amides is 1. The highest BCUT2D eigenvalue weighted by Gasteiger charge is 2.08. The molecule has 0 radical (unpaired) electrons. The molecular weight excluding hydrogens is 264 g/mol. The quantitative estimate of drug-likeness (QED) is 0.855. The first kappa shape index (κ1) is 15.0. The van der Waals surface area contributed by atoms with E-state index < -0.39 is 0 Å². The van der Waals surface area contributed by atoms with E-state index in [1.54, 1.807) is 12.3 Å². The van der Waals surface area contributed by atoms with Gasteiger partial charge < -0.3 is 10.6 Å². The fourth-order valence-electron chi connectivity index (χ4n) is 1.88. The van der Waals surface area contributed by atoms with Gasteiger partial charge in [-0.15, -0.1) is 0 Å². The van der Waals surface area contributed by atoms with Gasteiger partial charge in [-0.3, -0.25) is 4.79 Å². The van der Waals surface area contributed by atoms with Crippen molar-refractivity contribution >= 4 is 11.9 Å². The summed E-state index contributed by atoms with van der Waals surface area (Å²) in [6.07, 6.45) is 2.57. The molecule has 0 saturated heterocycles. The maximum atomic E-state index is 12.1. The van der Waals surface area contributed by atoms with Gasteiger partial charge >= 0.3 is 0 Å². The Hall–Kier alpha value is -2.43. The Kier molecular flexibility index (Phi) is 5.26. The van der Waals surface area contributed by atoms with E-state index in [0.29, 0.717) is 18.2 Å². The third-order valence-corrected chi connectivity index (χ3v) is 3.12. The molecule has 1 amide bonds. The molecule has 0 saturated carbocycles. The van der Waals surface area contributed by atoms with Crippen LogP contribution in [0.2, 0.25) is 0 Å². The number of hydrogen-bond acceptors (Lipinski definition) is 4. The highest BCUT2D eigenvalue weighted by Crippen LogP contribution is 2.07. The van der Waals surface area contributed by atoms with Crippen molar-refractivity contribution in [3.8, 4) is 0 Å². The topological polar surface area (TPSA) is 66.9 Å². The van der Waals surface area contributed by atoms with Gasteiger partial charge in [0.2, 0.25) is 5.95 Å². The minimum absolute atomic E-state index is 0.194. The number of nitrogens with zero attached hydrogens (tertiary/aromatic N) is 2. The lowest BCUT2D eigenvalue weighted by Gasteiger charge is -2.08. The lowest BCUT2D eigenvalue weighted by Crippen LogP contribution is -2.24. The molecule has 0 aliphatic carbocycles. The molecular formula is C16H20N4O. The number of aryl methyl sites for hydroxylation is 1. The van der Waals surface area contributed by atoms with E-state index in [-0.39, 0.29) is 5.91 Å². The van der Waals surface area contributed by atoms with Crippen LogP contribution in [0.15, 0.2) is 36.5 Å². The van der Waals surface area contributed by atoms with Crippen LogP contribution in [0.1, 0.15) is 35.0 Å². The molecule has 0 atom stereocenters. The van der Waals surface area contributed by atoms with Crippen LogP contribution >= 0.6 is 0 Å². The fraction of sp³-hybridized carbons (Fsp3) is 0.312. The number of hydrogen-bond donors (Lipinski definition) is 2. The van der Waals surface area contributed by atoms with Gasteiger partial charge in [0.05, 0.1) is 0 Å². The molecule has 1 aromatic carbocycles. The molecule has 0 spiro atoms. The number of carbonyl (C=O) groups is 1. The van der Waals surface area contributed by atoms with E-state index in [4.69, 9.17) is 0 Å². The van der Waals surface area contributed by atoms with Crippen molar-refractivity contribution in [2.24, 2.45) is 0 Å². The van der Waals surface area contributed by atoms with E-state index in [1.807, 2.05) is 31.2 Å². The van der Waals surface area contributed by atoms with Crippen LogP contribution in [0, 0.1) is 6.92 Å². The molecule has 1 aromatic heterocycles. The van der Waals surface area contributed by atoms with Crippen molar-refractivity contribution in [2.75, 3.05) is 11.9 Å². The highest BCUT2D eigenvalue weighted by molar-refractivity contribution is 5.92. The van der Waals surface area contributed by atoms with Crippen LogP contribution in [-0.4, -0.2) is 22.4 Å². The van der Waals surface area contributed by atoms with Crippen LogP contribution in [0.4, 0.5) is 5.95 Å². The molecule has 21 heavy (non-hydrogen) atoms. The molecule has 5 heteroatoms. The average Bonchev–Trinajstić information content (AvgIpc) is 2.52. The van der Waals surface area contributed by atoms with Crippen molar-refractivity contribution in [1.29, 1.82) is 0 Å². The Morgan fingerprint density at radius 1 is 1.24 bits per heavy atom. The van der Waals surface area contributed by atoms with Crippen molar-refractivity contribution < 1.29 is 4.79 Å². The molecule has 0 bridgehead atoms. The van der Waals surface area contributed by atoms with Crippen molar-refractivity contribution in [3.05, 3.63) is 53.3 Å². The fourth-order valence-corrected chi connectivity index (χ4v) is 1.88. The summed E-state index contributed by atoms with van der Waals surface area (Å²) in [5.74, 6) is 0.292. The van der Waals surface area contributed by atoms with E-state index in [2.05, 4.69) is 27.5 Å². The monoisotopic (exact) mass is 284 g/mol. The van der Waals surface area contributed by atoms with Gasteiger partial charge in [-0.25, -0.2) is 9.97 Å². The Morgan fingerprint density at radius 3 is 2.81 bits per heavy atom. The molecule has 5 nitrogen and oxygen atoms in total. The maximum Gasteiger partial charge on any atom is 0.270 e. The maximum absolute atomic E-state index is 12.1. The van der Waals surface area contributed by atoms with Crippen molar-refractivity contribution in [2.45, 2.75) is 26.8 Å². The minimum Gasteiger partial charge on any atom is -0.354 e. The van der Waals surface area contributed by atoms with Gasteiger partial charge in [-0.1, -0.05) is 31.2 Å². The van der Waals surface area contributed by atoms with E-state index in [0.717, 1.165) is 24.1 Å². The molecule has 2 aromatic rings. The summed E-state index contributed by atoms with van der Waals surface area (Å²) in [6, 6.07) is 9.59. The molecule has 0 aliphatic rings. The predicted octanol–water partition coefficient (Wildman–Crippen LogP) is 2.54. The summed E-state index contributed by atoms with van der Waals surface area (Å²) in [5, 5.41) is 5.95. The van der Waals surface area contributed by atoms with Gasteiger partial charge in [0.15, 0.2) is 0 Å². The van der Waals surface area contributed by atoms with Gasteiger partial charge in [-0.05, 0) is 30.5 Å². The normalized spacial score (nSPS) is 10.2. The van der Waals surface area contributed by atoms with Crippen LogP contribution in [0.25, 0.3) is 0 Å². The summed E-state index contributed by atoms with van der Waals surface area (Å²) >= 11 is 0. The van der Waals surface area contributed by atoms with Crippen LogP contribution in [0.3, 0.4) is 0 Å². The molecule has 1 heterocycles. The summed E-state index contributed by atoms with van der Waals surface area (Å²) in [4.78, 5) is 20.4. The van der Waals surface area contributed by atoms with Crippen LogP contribution < -0.4 is 10.6 Å². The number of anilines is 1. The van der Waals surface area contributed by atoms with Gasteiger partial charge in [0.1, 0.15) is 5.69 Å². The highest BCUT2D eigenvalue weighted by atomic mass is 16.1. The zero-order valence-electron chi connectivity index (χ0n) is 12.4. The first-order chi connectivity index (χ1) is 10.2. The van der Waals surface area contributed by atoms with Crippen LogP contribution in [-0.2, 0) is 6.54 Å². The van der Waals surface area contributed by atoms with Crippen molar-refractivity contribution in [3.63, 3.8) is 0 Å². The second-order valence-corrected chi connectivity index (χ2v) is 4.80. The zero-order valence-corrected chi connectivity index (χ0v) is 12.4. The summed E-state index contributed by atoms with van der Waals surface area (Å²) in [6.45, 7) is 5.37. The zero-order chi connectivity index (χ0) is 15.1. The molecule has 0 unspecified atom stereocenters. The van der Waals surface area contributed by atoms with Gasteiger partial charge in [0.25, 0.3) is 5.91 Å². The Balaban J connectivity index is 1.98. The predicted molar refractivity (Wildman–Crippen MR) is 83.2 cm³/mol. The molecule has 0 fully saturated rings. The van der Waals surface area contributed by atoms with Crippen LogP contribution in [0.5, 0.6) is 0 Å². The minimum atomic E-state index is -0.194. The summed E-state index contributed by atoms with van der Waals surface area (Å²) < 4.78 is 0. The van der Waals surface area contributed by atoms with Crippen molar-refractivity contribution in [1.82, 2.24) is 15.3 Å².